The van der Waals surface area contributed by atoms with Gasteiger partial charge >= 0.3 is 0 Å². The van der Waals surface area contributed by atoms with Gasteiger partial charge in [-0.05, 0) is 34.7 Å². The fourth-order valence-corrected chi connectivity index (χ4v) is 2.62. The Hall–Kier alpha value is -2.39. The number of fused-ring (bicyclic) bond motifs is 1. The van der Waals surface area contributed by atoms with E-state index in [-0.39, 0.29) is 0 Å². The summed E-state index contributed by atoms with van der Waals surface area (Å²) in [5, 5.41) is 12.6. The first-order chi connectivity index (χ1) is 10.3. The molecule has 0 saturated heterocycles. The summed E-state index contributed by atoms with van der Waals surface area (Å²) in [6.45, 7) is 0. The highest BCUT2D eigenvalue weighted by molar-refractivity contribution is 5.91. The molecule has 1 N–H and O–H groups in total. The molecule has 21 heavy (non-hydrogen) atoms. The summed E-state index contributed by atoms with van der Waals surface area (Å²) in [6, 6.07) is 15.7. The predicted molar refractivity (Wildman–Crippen MR) is 83.4 cm³/mol. The third-order valence-electron chi connectivity index (χ3n) is 3.68. The lowest BCUT2D eigenvalue weighted by Crippen LogP contribution is -2.03. The van der Waals surface area contributed by atoms with Crippen molar-refractivity contribution in [2.75, 3.05) is 7.11 Å². The maximum atomic E-state index is 10.6. The van der Waals surface area contributed by atoms with Crippen LogP contribution in [0.4, 0.5) is 0 Å². The number of methoxy groups -OCH3 is 1. The first-order valence-electron chi connectivity index (χ1n) is 6.92. The van der Waals surface area contributed by atoms with E-state index in [0.717, 1.165) is 27.6 Å². The van der Waals surface area contributed by atoms with E-state index in [2.05, 4.69) is 4.98 Å². The molecule has 3 aromatic rings. The number of pyridine rings is 1. The van der Waals surface area contributed by atoms with Crippen molar-refractivity contribution in [1.82, 2.24) is 4.98 Å². The first kappa shape index (κ1) is 13.6. The number of hydrogen-bond acceptors (Lipinski definition) is 3. The first-order valence-corrected chi connectivity index (χ1v) is 6.92. The van der Waals surface area contributed by atoms with Gasteiger partial charge in [0, 0.05) is 24.2 Å². The lowest BCUT2D eigenvalue weighted by molar-refractivity contribution is 0.180. The maximum Gasteiger partial charge on any atom is 0.126 e. The van der Waals surface area contributed by atoms with Gasteiger partial charge in [-0.1, -0.05) is 30.3 Å². The van der Waals surface area contributed by atoms with Crippen LogP contribution in [-0.2, 0) is 6.42 Å². The van der Waals surface area contributed by atoms with Gasteiger partial charge in [-0.15, -0.1) is 0 Å². The normalized spacial score (nSPS) is 12.3. The molecular weight excluding hydrogens is 262 g/mol. The van der Waals surface area contributed by atoms with Crippen LogP contribution in [0.5, 0.6) is 5.75 Å². The molecule has 106 valence electrons. The van der Waals surface area contributed by atoms with E-state index in [9.17, 15) is 5.11 Å². The monoisotopic (exact) mass is 279 g/mol. The number of aliphatic hydroxyl groups is 1. The Morgan fingerprint density at radius 3 is 2.43 bits per heavy atom. The smallest absolute Gasteiger partial charge is 0.126 e. The number of ether oxygens (including phenoxy) is 1. The van der Waals surface area contributed by atoms with Gasteiger partial charge in [-0.25, -0.2) is 0 Å². The Kier molecular flexibility index (Phi) is 3.84. The number of hydrogen-bond donors (Lipinski definition) is 1. The van der Waals surface area contributed by atoms with Crippen LogP contribution in [0.15, 0.2) is 60.9 Å². The molecule has 0 aliphatic rings. The van der Waals surface area contributed by atoms with Gasteiger partial charge in [0.05, 0.1) is 13.2 Å². The third kappa shape index (κ3) is 2.73. The molecule has 1 aromatic heterocycles. The van der Waals surface area contributed by atoms with Crippen molar-refractivity contribution in [2.45, 2.75) is 12.5 Å². The molecule has 2 aromatic carbocycles. The maximum absolute atomic E-state index is 10.6. The molecule has 0 spiro atoms. The minimum Gasteiger partial charge on any atom is -0.496 e. The second kappa shape index (κ2) is 5.94. The Morgan fingerprint density at radius 2 is 1.71 bits per heavy atom. The van der Waals surface area contributed by atoms with Gasteiger partial charge in [-0.2, -0.15) is 0 Å². The van der Waals surface area contributed by atoms with Gasteiger partial charge in [0.2, 0.25) is 0 Å². The predicted octanol–water partition coefficient (Wildman–Crippen LogP) is 3.52. The van der Waals surface area contributed by atoms with Gasteiger partial charge in [0.25, 0.3) is 0 Å². The van der Waals surface area contributed by atoms with Crippen LogP contribution < -0.4 is 4.74 Å². The number of aromatic nitrogens is 1. The Balaban J connectivity index is 2.00. The van der Waals surface area contributed by atoms with Crippen molar-refractivity contribution in [3.63, 3.8) is 0 Å². The van der Waals surface area contributed by atoms with E-state index < -0.39 is 6.10 Å². The third-order valence-corrected chi connectivity index (χ3v) is 3.68. The minimum absolute atomic E-state index is 0.553. The average Bonchev–Trinajstić information content (AvgIpc) is 2.54. The van der Waals surface area contributed by atoms with Crippen LogP contribution in [0.25, 0.3) is 10.8 Å². The fourth-order valence-electron chi connectivity index (χ4n) is 2.62. The van der Waals surface area contributed by atoms with Crippen molar-refractivity contribution < 1.29 is 9.84 Å². The van der Waals surface area contributed by atoms with Gasteiger partial charge in [0.15, 0.2) is 0 Å². The zero-order valence-corrected chi connectivity index (χ0v) is 11.9. The van der Waals surface area contributed by atoms with Crippen molar-refractivity contribution in [3.8, 4) is 5.75 Å². The van der Waals surface area contributed by atoms with Crippen LogP contribution >= 0.6 is 0 Å². The zero-order chi connectivity index (χ0) is 14.7. The second-order valence-corrected chi connectivity index (χ2v) is 4.98. The summed E-state index contributed by atoms with van der Waals surface area (Å²) < 4.78 is 5.39. The summed E-state index contributed by atoms with van der Waals surface area (Å²) in [5.74, 6) is 0.825. The highest BCUT2D eigenvalue weighted by Crippen LogP contribution is 2.32. The molecule has 0 bridgehead atoms. The SMILES string of the molecule is COc1ccc(C(O)Cc2ccncc2)c2ccccc12. The van der Waals surface area contributed by atoms with E-state index in [1.807, 2.05) is 48.5 Å². The van der Waals surface area contributed by atoms with Crippen LogP contribution in [0.3, 0.4) is 0 Å². The summed E-state index contributed by atoms with van der Waals surface area (Å²) in [4.78, 5) is 4.00. The van der Waals surface area contributed by atoms with Crippen LogP contribution in [0.1, 0.15) is 17.2 Å². The molecule has 0 aliphatic heterocycles. The second-order valence-electron chi connectivity index (χ2n) is 4.98. The Morgan fingerprint density at radius 1 is 1.00 bits per heavy atom. The van der Waals surface area contributed by atoms with E-state index >= 15 is 0 Å². The van der Waals surface area contributed by atoms with E-state index in [0.29, 0.717) is 6.42 Å². The van der Waals surface area contributed by atoms with Crippen molar-refractivity contribution >= 4 is 10.8 Å². The van der Waals surface area contributed by atoms with E-state index in [1.165, 1.54) is 0 Å². The summed E-state index contributed by atoms with van der Waals surface area (Å²) in [7, 11) is 1.66. The molecule has 0 amide bonds. The number of aliphatic hydroxyl groups excluding tert-OH is 1. The molecule has 0 fully saturated rings. The van der Waals surface area contributed by atoms with E-state index in [4.69, 9.17) is 4.74 Å². The van der Waals surface area contributed by atoms with Crippen LogP contribution in [0, 0.1) is 0 Å². The lowest BCUT2D eigenvalue weighted by Gasteiger charge is -2.15. The Labute approximate surface area is 123 Å². The topological polar surface area (TPSA) is 42.4 Å². The minimum atomic E-state index is -0.553. The quantitative estimate of drug-likeness (QED) is 0.794. The summed E-state index contributed by atoms with van der Waals surface area (Å²) in [5.41, 5.74) is 1.99. The fraction of sp³-hybridized carbons (Fsp3) is 0.167. The molecular formula is C18H17NO2. The summed E-state index contributed by atoms with van der Waals surface area (Å²) >= 11 is 0. The Bertz CT molecular complexity index is 741. The van der Waals surface area contributed by atoms with Gasteiger partial charge < -0.3 is 9.84 Å². The van der Waals surface area contributed by atoms with Crippen molar-refractivity contribution in [3.05, 3.63) is 72.1 Å². The van der Waals surface area contributed by atoms with E-state index in [1.54, 1.807) is 19.5 Å². The molecule has 1 atom stereocenters. The molecule has 0 aliphatic carbocycles. The van der Waals surface area contributed by atoms with Crippen LogP contribution in [0.2, 0.25) is 0 Å². The average molecular weight is 279 g/mol. The van der Waals surface area contributed by atoms with Gasteiger partial charge in [-0.3, -0.25) is 4.98 Å². The number of benzene rings is 2. The zero-order valence-electron chi connectivity index (χ0n) is 11.9. The molecule has 0 saturated carbocycles. The highest BCUT2D eigenvalue weighted by atomic mass is 16.5. The number of nitrogens with zero attached hydrogens (tertiary/aromatic N) is 1. The lowest BCUT2D eigenvalue weighted by atomic mass is 9.96. The van der Waals surface area contributed by atoms with Crippen molar-refractivity contribution in [1.29, 1.82) is 0 Å². The van der Waals surface area contributed by atoms with Crippen LogP contribution in [-0.4, -0.2) is 17.2 Å². The number of rotatable bonds is 4. The highest BCUT2D eigenvalue weighted by Gasteiger charge is 2.14. The molecule has 0 radical (unpaired) electrons. The molecule has 1 heterocycles. The molecule has 1 unspecified atom stereocenters. The molecule has 3 heteroatoms. The molecule has 3 rings (SSSR count). The largest absolute Gasteiger partial charge is 0.496 e. The van der Waals surface area contributed by atoms with Gasteiger partial charge in [0.1, 0.15) is 5.75 Å². The summed E-state index contributed by atoms with van der Waals surface area (Å²) in [6.07, 6.45) is 3.50. The van der Waals surface area contributed by atoms with Crippen molar-refractivity contribution in [2.24, 2.45) is 0 Å². The molecule has 3 nitrogen and oxygen atoms in total. The standard InChI is InChI=1S/C18H17NO2/c1-21-18-7-6-15(14-4-2-3-5-16(14)18)17(20)12-13-8-10-19-11-9-13/h2-11,17,20H,12H2,1H3.